The number of anilines is 1. The Balaban J connectivity index is 1.31. The number of nitrogens with zero attached hydrogens (tertiary/aromatic N) is 1. The molecule has 41 heavy (non-hydrogen) atoms. The van der Waals surface area contributed by atoms with Crippen LogP contribution in [-0.2, 0) is 27.2 Å². The maximum absolute atomic E-state index is 11.8. The van der Waals surface area contributed by atoms with E-state index in [1.807, 2.05) is 48.4 Å². The first-order valence-corrected chi connectivity index (χ1v) is 14.0. The Bertz CT molecular complexity index is 1350. The number of carbonyl (C=O) groups is 2. The van der Waals surface area contributed by atoms with Crippen LogP contribution in [0.25, 0.3) is 11.1 Å². The second kappa shape index (κ2) is 14.3. The Hall–Kier alpha value is -4.46. The lowest BCUT2D eigenvalue weighted by Gasteiger charge is -2.18. The minimum absolute atomic E-state index is 0.0366. The predicted molar refractivity (Wildman–Crippen MR) is 159 cm³/mol. The van der Waals surface area contributed by atoms with E-state index in [4.69, 9.17) is 19.4 Å². The monoisotopic (exact) mass is 558 g/mol. The molecule has 4 rings (SSSR count). The third-order valence-electron chi connectivity index (χ3n) is 6.81. The van der Waals surface area contributed by atoms with Gasteiger partial charge in [0.15, 0.2) is 0 Å². The molecule has 0 atom stereocenters. The van der Waals surface area contributed by atoms with E-state index in [9.17, 15) is 9.59 Å². The summed E-state index contributed by atoms with van der Waals surface area (Å²) in [5.41, 5.74) is 6.37. The fourth-order valence-corrected chi connectivity index (χ4v) is 4.65. The number of nitrogens with one attached hydrogen (secondary N) is 1. The van der Waals surface area contributed by atoms with Gasteiger partial charge in [-0.25, -0.2) is 9.86 Å². The molecule has 0 saturated carbocycles. The van der Waals surface area contributed by atoms with Gasteiger partial charge in [-0.3, -0.25) is 4.79 Å². The van der Waals surface area contributed by atoms with Crippen LogP contribution in [0.1, 0.15) is 44.7 Å². The molecule has 0 saturated heterocycles. The molecule has 0 unspecified atom stereocenters. The first-order chi connectivity index (χ1) is 19.8. The number of ether oxygens (including phenoxy) is 2. The number of aliphatic carboxylic acids is 1. The number of hydrogen-bond acceptors (Lipinski definition) is 6. The van der Waals surface area contributed by atoms with E-state index in [-0.39, 0.29) is 12.5 Å². The number of benzene rings is 3. The molecule has 1 amide bonds. The van der Waals surface area contributed by atoms with Crippen molar-refractivity contribution >= 4 is 17.7 Å². The smallest absolute Gasteiger partial charge is 0.407 e. The Morgan fingerprint density at radius 2 is 1.68 bits per heavy atom. The highest BCUT2D eigenvalue weighted by Crippen LogP contribution is 2.30. The van der Waals surface area contributed by atoms with Gasteiger partial charge in [0, 0.05) is 19.4 Å². The van der Waals surface area contributed by atoms with Crippen LogP contribution >= 0.6 is 0 Å². The number of carbonyl (C=O) groups excluding carboxylic acids is 1. The number of hydrogen-bond donors (Lipinski definition) is 2. The van der Waals surface area contributed by atoms with E-state index in [0.29, 0.717) is 44.7 Å². The Kier molecular flexibility index (Phi) is 10.3. The van der Waals surface area contributed by atoms with Crippen molar-refractivity contribution in [2.45, 2.75) is 52.6 Å². The molecule has 0 bridgehead atoms. The molecule has 216 valence electrons. The van der Waals surface area contributed by atoms with Gasteiger partial charge in [0.2, 0.25) is 0 Å². The van der Waals surface area contributed by atoms with Gasteiger partial charge in [-0.2, -0.15) is 0 Å². The van der Waals surface area contributed by atoms with E-state index in [1.54, 1.807) is 13.8 Å². The van der Waals surface area contributed by atoms with Crippen molar-refractivity contribution in [2.75, 3.05) is 24.8 Å². The lowest BCUT2D eigenvalue weighted by atomic mass is 10.00. The highest BCUT2D eigenvalue weighted by molar-refractivity contribution is 5.68. The molecule has 0 radical (unpaired) electrons. The molecule has 2 N–H and O–H groups in total. The number of carboxylic acids is 1. The molecule has 3 aromatic carbocycles. The number of amides is 1. The normalized spacial score (nSPS) is 12.8. The highest BCUT2D eigenvalue weighted by Gasteiger charge is 2.22. The fraction of sp³-hybridized carbons (Fsp3) is 0.333. The summed E-state index contributed by atoms with van der Waals surface area (Å²) in [4.78, 5) is 29.0. The zero-order valence-electron chi connectivity index (χ0n) is 23.9. The topological polar surface area (TPSA) is 97.3 Å². The number of alkyl carbamates (subject to hydrolysis) is 1. The number of allylic oxidation sites excluding steroid dienone is 1. The minimum Gasteiger partial charge on any atom is -0.493 e. The molecule has 1 aliphatic heterocycles. The maximum Gasteiger partial charge on any atom is 0.407 e. The van der Waals surface area contributed by atoms with Crippen LogP contribution in [0.2, 0.25) is 0 Å². The lowest BCUT2D eigenvalue weighted by molar-refractivity contribution is -0.136. The van der Waals surface area contributed by atoms with E-state index in [2.05, 4.69) is 41.7 Å². The van der Waals surface area contributed by atoms with Crippen LogP contribution in [0.4, 0.5) is 10.5 Å². The third-order valence-corrected chi connectivity index (χ3v) is 6.81. The van der Waals surface area contributed by atoms with E-state index in [1.165, 1.54) is 11.1 Å². The summed E-state index contributed by atoms with van der Waals surface area (Å²) in [5.74, 6) is 0.734. The van der Waals surface area contributed by atoms with Gasteiger partial charge in [0.05, 0.1) is 24.9 Å². The molecule has 8 nitrogen and oxygen atoms in total. The number of hydroxylamine groups is 1. The zero-order chi connectivity index (χ0) is 29.2. The van der Waals surface area contributed by atoms with Crippen LogP contribution in [-0.4, -0.2) is 43.0 Å². The summed E-state index contributed by atoms with van der Waals surface area (Å²) in [5, 5.41) is 13.8. The van der Waals surface area contributed by atoms with E-state index < -0.39 is 12.1 Å². The van der Waals surface area contributed by atoms with Crippen molar-refractivity contribution in [2.24, 2.45) is 0 Å². The van der Waals surface area contributed by atoms with Crippen LogP contribution in [0.5, 0.6) is 5.75 Å². The standard InChI is InChI=1S/C33H38N2O6/c1-23(2)40-33(38)34-19-17-28-21-31(15-11-27(28)12-16-32(36)37)39-20-18-29-22-35(41-24(29)3)30-13-9-26(10-14-30)25-7-5-4-6-8-25/h4-11,13-15,21,23H,12,16-20,22H2,1-3H3,(H,34,38)(H,36,37). The average molecular weight is 559 g/mol. The van der Waals surface area contributed by atoms with Gasteiger partial charge in [0.25, 0.3) is 0 Å². The molecule has 0 fully saturated rings. The first kappa shape index (κ1) is 29.5. The fourth-order valence-electron chi connectivity index (χ4n) is 4.65. The molecule has 3 aromatic rings. The predicted octanol–water partition coefficient (Wildman–Crippen LogP) is 6.54. The second-order valence-corrected chi connectivity index (χ2v) is 10.3. The van der Waals surface area contributed by atoms with Crippen molar-refractivity contribution in [1.29, 1.82) is 0 Å². The van der Waals surface area contributed by atoms with Gasteiger partial charge in [-0.15, -0.1) is 0 Å². The molecule has 1 heterocycles. The molecule has 8 heteroatoms. The molecule has 0 aliphatic carbocycles. The zero-order valence-corrected chi connectivity index (χ0v) is 23.9. The van der Waals surface area contributed by atoms with Gasteiger partial charge >= 0.3 is 12.1 Å². The van der Waals surface area contributed by atoms with Gasteiger partial charge in [-0.1, -0.05) is 48.5 Å². The molecular formula is C33H38N2O6. The Morgan fingerprint density at radius 1 is 0.951 bits per heavy atom. The van der Waals surface area contributed by atoms with Crippen LogP contribution < -0.4 is 15.1 Å². The van der Waals surface area contributed by atoms with Crippen molar-refractivity contribution < 1.29 is 29.0 Å². The summed E-state index contributed by atoms with van der Waals surface area (Å²) >= 11 is 0. The summed E-state index contributed by atoms with van der Waals surface area (Å²) in [7, 11) is 0. The molecule has 1 aliphatic rings. The number of aryl methyl sites for hydroxylation is 1. The molecule has 0 spiro atoms. The second-order valence-electron chi connectivity index (χ2n) is 10.3. The SMILES string of the molecule is CC1=C(CCOc2ccc(CCC(=O)O)c(CCNC(=O)OC(C)C)c2)CN(c2ccc(-c3ccccc3)cc2)O1. The summed E-state index contributed by atoms with van der Waals surface area (Å²) in [6.45, 7) is 7.07. The van der Waals surface area contributed by atoms with Gasteiger partial charge < -0.3 is 24.7 Å². The van der Waals surface area contributed by atoms with E-state index in [0.717, 1.165) is 28.1 Å². The minimum atomic E-state index is -0.849. The largest absolute Gasteiger partial charge is 0.493 e. The van der Waals surface area contributed by atoms with Gasteiger partial charge in [0.1, 0.15) is 11.5 Å². The van der Waals surface area contributed by atoms with Crippen molar-refractivity contribution in [3.05, 3.63) is 95.3 Å². The van der Waals surface area contributed by atoms with Crippen molar-refractivity contribution in [1.82, 2.24) is 5.32 Å². The average Bonchev–Trinajstić information content (AvgIpc) is 3.32. The van der Waals surface area contributed by atoms with Crippen molar-refractivity contribution in [3.8, 4) is 16.9 Å². The lowest BCUT2D eigenvalue weighted by Crippen LogP contribution is -2.28. The number of rotatable bonds is 13. The van der Waals surface area contributed by atoms with E-state index >= 15 is 0 Å². The van der Waals surface area contributed by atoms with Gasteiger partial charge in [-0.05, 0) is 85.7 Å². The Labute approximate surface area is 241 Å². The summed E-state index contributed by atoms with van der Waals surface area (Å²) in [6, 6.07) is 24.3. The third kappa shape index (κ3) is 8.76. The quantitative estimate of drug-likeness (QED) is 0.246. The Morgan fingerprint density at radius 3 is 2.39 bits per heavy atom. The summed E-state index contributed by atoms with van der Waals surface area (Å²) in [6.07, 6.45) is 1.03. The summed E-state index contributed by atoms with van der Waals surface area (Å²) < 4.78 is 11.2. The van der Waals surface area contributed by atoms with Crippen LogP contribution in [0.3, 0.4) is 0 Å². The first-order valence-electron chi connectivity index (χ1n) is 14.0. The highest BCUT2D eigenvalue weighted by atomic mass is 16.7. The molecular weight excluding hydrogens is 520 g/mol. The number of carboxylic acid groups (broad SMARTS) is 1. The van der Waals surface area contributed by atoms with Crippen LogP contribution in [0, 0.1) is 0 Å². The van der Waals surface area contributed by atoms with Crippen molar-refractivity contribution in [3.63, 3.8) is 0 Å². The molecule has 0 aromatic heterocycles. The van der Waals surface area contributed by atoms with Crippen LogP contribution in [0.15, 0.2) is 84.1 Å². The maximum atomic E-state index is 11.8.